The number of carbonyl (C=O) groups excluding carboxylic acids is 1. The van der Waals surface area contributed by atoms with Crippen LogP contribution >= 0.6 is 0 Å². The number of benzene rings is 1. The van der Waals surface area contributed by atoms with E-state index in [0.29, 0.717) is 12.6 Å². The number of hydrogen-bond acceptors (Lipinski definition) is 3. The van der Waals surface area contributed by atoms with Crippen LogP contribution in [0.2, 0.25) is 0 Å². The van der Waals surface area contributed by atoms with Crippen molar-refractivity contribution in [1.29, 1.82) is 0 Å². The average Bonchev–Trinajstić information content (AvgIpc) is 3.30. The highest BCUT2D eigenvalue weighted by atomic mass is 16.5. The minimum absolute atomic E-state index is 0.0383. The van der Waals surface area contributed by atoms with E-state index in [2.05, 4.69) is 17.1 Å². The van der Waals surface area contributed by atoms with Crippen LogP contribution in [0.5, 0.6) is 0 Å². The average molecular weight is 336 g/mol. The maximum Gasteiger partial charge on any atom is 0.228 e. The maximum atomic E-state index is 13.2. The second-order valence-electron chi connectivity index (χ2n) is 7.07. The second kappa shape index (κ2) is 7.36. The summed E-state index contributed by atoms with van der Waals surface area (Å²) in [5, 5.41) is 0. The van der Waals surface area contributed by atoms with Crippen LogP contribution in [0.25, 0.3) is 0 Å². The molecule has 0 N–H and O–H groups in total. The zero-order chi connectivity index (χ0) is 17.1. The van der Waals surface area contributed by atoms with Crippen molar-refractivity contribution in [2.45, 2.75) is 44.4 Å². The summed E-state index contributed by atoms with van der Waals surface area (Å²) >= 11 is 0. The van der Waals surface area contributed by atoms with Crippen LogP contribution in [0.1, 0.15) is 30.4 Å². The van der Waals surface area contributed by atoms with Gasteiger partial charge < -0.3 is 9.64 Å². The predicted molar refractivity (Wildman–Crippen MR) is 95.8 cm³/mol. The quantitative estimate of drug-likeness (QED) is 0.813. The van der Waals surface area contributed by atoms with Crippen molar-refractivity contribution in [3.63, 3.8) is 0 Å². The van der Waals surface area contributed by atoms with E-state index in [1.807, 2.05) is 35.2 Å². The molecule has 0 unspecified atom stereocenters. The lowest BCUT2D eigenvalue weighted by molar-refractivity contribution is -0.137. The molecule has 0 saturated carbocycles. The van der Waals surface area contributed by atoms with Crippen LogP contribution in [0.15, 0.2) is 54.9 Å². The Labute approximate surface area is 148 Å². The van der Waals surface area contributed by atoms with Crippen molar-refractivity contribution in [1.82, 2.24) is 9.88 Å². The monoisotopic (exact) mass is 336 g/mol. The summed E-state index contributed by atoms with van der Waals surface area (Å²) in [6.07, 6.45) is 7.92. The molecule has 0 aliphatic carbocycles. The first kappa shape index (κ1) is 16.3. The van der Waals surface area contributed by atoms with E-state index in [9.17, 15) is 4.79 Å². The Balaban J connectivity index is 1.47. The van der Waals surface area contributed by atoms with Gasteiger partial charge in [-0.05, 0) is 48.9 Å². The molecule has 3 atom stereocenters. The zero-order valence-corrected chi connectivity index (χ0v) is 14.4. The minimum atomic E-state index is 0.0383. The van der Waals surface area contributed by atoms with E-state index >= 15 is 0 Å². The molecule has 2 fully saturated rings. The molecular weight excluding hydrogens is 312 g/mol. The van der Waals surface area contributed by atoms with Crippen molar-refractivity contribution in [2.24, 2.45) is 5.92 Å². The van der Waals surface area contributed by atoms with E-state index in [1.54, 1.807) is 12.4 Å². The molecule has 25 heavy (non-hydrogen) atoms. The number of nitrogens with zero attached hydrogens (tertiary/aromatic N) is 2. The van der Waals surface area contributed by atoms with Gasteiger partial charge in [0.1, 0.15) is 0 Å². The van der Waals surface area contributed by atoms with E-state index < -0.39 is 0 Å². The molecule has 2 aromatic rings. The molecule has 4 heteroatoms. The lowest BCUT2D eigenvalue weighted by atomic mass is 9.88. The number of hydrogen-bond donors (Lipinski definition) is 0. The molecule has 1 aromatic heterocycles. The third-order valence-corrected chi connectivity index (χ3v) is 5.37. The van der Waals surface area contributed by atoms with Crippen molar-refractivity contribution < 1.29 is 9.53 Å². The zero-order valence-electron chi connectivity index (χ0n) is 14.4. The highest BCUT2D eigenvalue weighted by Crippen LogP contribution is 2.39. The van der Waals surface area contributed by atoms with Crippen molar-refractivity contribution in [3.8, 4) is 0 Å². The van der Waals surface area contributed by atoms with Crippen LogP contribution in [-0.2, 0) is 22.5 Å². The number of ether oxygens (including phenoxy) is 1. The van der Waals surface area contributed by atoms with Crippen LogP contribution in [0.3, 0.4) is 0 Å². The molecule has 4 rings (SSSR count). The summed E-state index contributed by atoms with van der Waals surface area (Å²) in [7, 11) is 0. The number of fused-ring (bicyclic) bond motifs is 2. The van der Waals surface area contributed by atoms with Gasteiger partial charge in [0, 0.05) is 25.5 Å². The lowest BCUT2D eigenvalue weighted by Crippen LogP contribution is -2.40. The van der Waals surface area contributed by atoms with Gasteiger partial charge in [0.2, 0.25) is 5.91 Å². The van der Waals surface area contributed by atoms with Gasteiger partial charge in [-0.15, -0.1) is 0 Å². The summed E-state index contributed by atoms with van der Waals surface area (Å²) in [6, 6.07) is 14.3. The molecule has 2 aliphatic rings. The van der Waals surface area contributed by atoms with E-state index in [-0.39, 0.29) is 17.9 Å². The molecule has 1 aromatic carbocycles. The lowest BCUT2D eigenvalue weighted by Gasteiger charge is -2.28. The van der Waals surface area contributed by atoms with Crippen LogP contribution in [0, 0.1) is 5.92 Å². The second-order valence-corrected chi connectivity index (χ2v) is 7.07. The summed E-state index contributed by atoms with van der Waals surface area (Å²) in [5.41, 5.74) is 2.39. The molecule has 2 bridgehead atoms. The van der Waals surface area contributed by atoms with Gasteiger partial charge in [-0.1, -0.05) is 30.3 Å². The SMILES string of the molecule is O=C([C@@H]1C[C@H]2CC[C@H]1O2)N(CCc1ccccc1)Cc1ccncc1. The summed E-state index contributed by atoms with van der Waals surface area (Å²) in [5.74, 6) is 0.288. The van der Waals surface area contributed by atoms with E-state index in [4.69, 9.17) is 4.74 Å². The third kappa shape index (κ3) is 3.74. The smallest absolute Gasteiger partial charge is 0.228 e. The fourth-order valence-electron chi connectivity index (χ4n) is 4.02. The first-order chi connectivity index (χ1) is 12.3. The maximum absolute atomic E-state index is 13.2. The van der Waals surface area contributed by atoms with E-state index in [1.165, 1.54) is 5.56 Å². The molecule has 3 heterocycles. The Kier molecular flexibility index (Phi) is 4.79. The number of rotatable bonds is 6. The molecule has 2 aliphatic heterocycles. The number of carbonyl (C=O) groups is 1. The fraction of sp³-hybridized carbons (Fsp3) is 0.429. The Morgan fingerprint density at radius 1 is 1.08 bits per heavy atom. The van der Waals surface area contributed by atoms with Gasteiger partial charge in [0.25, 0.3) is 0 Å². The summed E-state index contributed by atoms with van der Waals surface area (Å²) < 4.78 is 5.91. The number of aromatic nitrogens is 1. The fourth-order valence-corrected chi connectivity index (χ4v) is 4.02. The molecule has 1 amide bonds. The number of pyridine rings is 1. The summed E-state index contributed by atoms with van der Waals surface area (Å²) in [4.78, 5) is 19.3. The minimum Gasteiger partial charge on any atom is -0.374 e. The molecule has 4 nitrogen and oxygen atoms in total. The van der Waals surface area contributed by atoms with Gasteiger partial charge in [-0.2, -0.15) is 0 Å². The van der Waals surface area contributed by atoms with Gasteiger partial charge >= 0.3 is 0 Å². The van der Waals surface area contributed by atoms with Gasteiger partial charge in [0.05, 0.1) is 18.1 Å². The topological polar surface area (TPSA) is 42.4 Å². The Hall–Kier alpha value is -2.20. The first-order valence-electron chi connectivity index (χ1n) is 9.16. The first-order valence-corrected chi connectivity index (χ1v) is 9.16. The van der Waals surface area contributed by atoms with Crippen LogP contribution < -0.4 is 0 Å². The molecule has 0 spiro atoms. The molecular formula is C21H24N2O2. The normalized spacial score (nSPS) is 24.4. The van der Waals surface area contributed by atoms with E-state index in [0.717, 1.165) is 37.8 Å². The van der Waals surface area contributed by atoms with Gasteiger partial charge in [-0.3, -0.25) is 9.78 Å². The van der Waals surface area contributed by atoms with Gasteiger partial charge in [0.15, 0.2) is 0 Å². The highest BCUT2D eigenvalue weighted by molar-refractivity contribution is 5.80. The van der Waals surface area contributed by atoms with Crippen molar-refractivity contribution >= 4 is 5.91 Å². The van der Waals surface area contributed by atoms with Crippen molar-refractivity contribution in [3.05, 3.63) is 66.0 Å². The number of amides is 1. The highest BCUT2D eigenvalue weighted by Gasteiger charge is 2.45. The molecule has 130 valence electrons. The Morgan fingerprint density at radius 2 is 1.88 bits per heavy atom. The Bertz CT molecular complexity index is 704. The van der Waals surface area contributed by atoms with Crippen LogP contribution in [-0.4, -0.2) is 34.5 Å². The Morgan fingerprint density at radius 3 is 2.56 bits per heavy atom. The predicted octanol–water partition coefficient (Wildman–Crippen LogP) is 3.22. The van der Waals surface area contributed by atoms with Crippen molar-refractivity contribution in [2.75, 3.05) is 6.54 Å². The van der Waals surface area contributed by atoms with Gasteiger partial charge in [-0.25, -0.2) is 0 Å². The standard InChI is InChI=1S/C21H24N2O2/c24-21(19-14-18-6-7-20(19)25-18)23(15-17-8-11-22-12-9-17)13-10-16-4-2-1-3-5-16/h1-5,8-9,11-12,18-20H,6-7,10,13-15H2/t18-,19-,20-/m1/s1. The molecule has 2 saturated heterocycles. The third-order valence-electron chi connectivity index (χ3n) is 5.37. The summed E-state index contributed by atoms with van der Waals surface area (Å²) in [6.45, 7) is 1.38. The largest absolute Gasteiger partial charge is 0.374 e. The molecule has 0 radical (unpaired) electrons. The van der Waals surface area contributed by atoms with Crippen LogP contribution in [0.4, 0.5) is 0 Å².